The van der Waals surface area contributed by atoms with Crippen LogP contribution in [0.15, 0.2) is 28.0 Å². The maximum Gasteiger partial charge on any atom is 0.501 e. The number of aromatic carboxylic acids is 1. The third-order valence-corrected chi connectivity index (χ3v) is 3.48. The van der Waals surface area contributed by atoms with Crippen LogP contribution in [0.3, 0.4) is 0 Å². The van der Waals surface area contributed by atoms with Gasteiger partial charge in [0.25, 0.3) is 9.84 Å². The normalized spacial score (nSPS) is 12.5. The lowest BCUT2D eigenvalue weighted by Gasteiger charge is -2.09. The van der Waals surface area contributed by atoms with Crippen LogP contribution in [-0.2, 0) is 9.84 Å². The van der Waals surface area contributed by atoms with Gasteiger partial charge in [-0.25, -0.2) is 13.2 Å². The van der Waals surface area contributed by atoms with Crippen LogP contribution in [0.2, 0.25) is 0 Å². The third-order valence-electron chi connectivity index (χ3n) is 1.75. The summed E-state index contributed by atoms with van der Waals surface area (Å²) in [6, 6.07) is 2.02. The first-order valence-corrected chi connectivity index (χ1v) is 5.87. The van der Waals surface area contributed by atoms with Gasteiger partial charge in [0.1, 0.15) is 0 Å². The highest BCUT2D eigenvalue weighted by Crippen LogP contribution is 2.31. The Kier molecular flexibility index (Phi) is 3.44. The fraction of sp³-hybridized carbons (Fsp3) is 0.125. The molecule has 94 valence electrons. The van der Waals surface area contributed by atoms with Gasteiger partial charge in [0.15, 0.2) is 0 Å². The van der Waals surface area contributed by atoms with Crippen LogP contribution in [0.5, 0.6) is 0 Å². The Bertz CT molecular complexity index is 563. The molecule has 0 radical (unpaired) electrons. The molecule has 0 amide bonds. The molecule has 9 heteroatoms. The van der Waals surface area contributed by atoms with Gasteiger partial charge >= 0.3 is 11.5 Å². The van der Waals surface area contributed by atoms with Crippen molar-refractivity contribution < 1.29 is 31.5 Å². The van der Waals surface area contributed by atoms with E-state index in [9.17, 15) is 26.4 Å². The van der Waals surface area contributed by atoms with Crippen molar-refractivity contribution in [2.45, 2.75) is 15.3 Å². The molecule has 1 aromatic rings. The molecule has 1 rings (SSSR count). The molecule has 0 aliphatic rings. The summed E-state index contributed by atoms with van der Waals surface area (Å²) in [5.74, 6) is -1.54. The van der Waals surface area contributed by atoms with Gasteiger partial charge in [0.05, 0.1) is 10.5 Å². The first kappa shape index (κ1) is 13.8. The fourth-order valence-corrected chi connectivity index (χ4v) is 2.19. The number of carbonyl (C=O) groups is 1. The van der Waals surface area contributed by atoms with E-state index in [1.807, 2.05) is 0 Å². The SMILES string of the molecule is O=C(O)c1cc(S)cc(S(=O)(=O)C(F)(F)F)c1. The number of carboxylic acids is 1. The van der Waals surface area contributed by atoms with Crippen molar-refractivity contribution >= 4 is 28.4 Å². The van der Waals surface area contributed by atoms with E-state index in [1.54, 1.807) is 0 Å². The molecule has 1 aromatic carbocycles. The average Bonchev–Trinajstić information content (AvgIpc) is 2.14. The van der Waals surface area contributed by atoms with Crippen molar-refractivity contribution in [2.75, 3.05) is 0 Å². The maximum atomic E-state index is 12.2. The van der Waals surface area contributed by atoms with Crippen molar-refractivity contribution in [1.29, 1.82) is 0 Å². The molecule has 4 nitrogen and oxygen atoms in total. The Hall–Kier alpha value is -1.22. The van der Waals surface area contributed by atoms with Gasteiger partial charge in [-0.05, 0) is 18.2 Å². The Labute approximate surface area is 99.4 Å². The Morgan fingerprint density at radius 1 is 1.24 bits per heavy atom. The summed E-state index contributed by atoms with van der Waals surface area (Å²) in [5.41, 5.74) is -6.06. The number of halogens is 3. The lowest BCUT2D eigenvalue weighted by Crippen LogP contribution is -2.23. The summed E-state index contributed by atoms with van der Waals surface area (Å²) in [6.45, 7) is 0. The highest BCUT2D eigenvalue weighted by molar-refractivity contribution is 7.92. The van der Waals surface area contributed by atoms with Gasteiger partial charge in [-0.15, -0.1) is 12.6 Å². The van der Waals surface area contributed by atoms with Gasteiger partial charge in [-0.2, -0.15) is 13.2 Å². The molecule has 0 bridgehead atoms. The van der Waals surface area contributed by atoms with Crippen molar-refractivity contribution in [3.63, 3.8) is 0 Å². The molecular weight excluding hydrogens is 281 g/mol. The number of thiol groups is 1. The predicted molar refractivity (Wildman–Crippen MR) is 53.9 cm³/mol. The second kappa shape index (κ2) is 4.22. The Balaban J connectivity index is 3.49. The molecule has 0 spiro atoms. The Morgan fingerprint density at radius 2 is 1.76 bits per heavy atom. The van der Waals surface area contributed by atoms with Crippen LogP contribution in [-0.4, -0.2) is 25.0 Å². The molecule has 1 N–H and O–H groups in total. The van der Waals surface area contributed by atoms with Gasteiger partial charge in [-0.3, -0.25) is 0 Å². The van der Waals surface area contributed by atoms with Gasteiger partial charge in [0.2, 0.25) is 0 Å². The predicted octanol–water partition coefficient (Wildman–Crippen LogP) is 1.97. The summed E-state index contributed by atoms with van der Waals surface area (Å²) in [6.07, 6.45) is 0. The summed E-state index contributed by atoms with van der Waals surface area (Å²) in [7, 11) is -5.57. The lowest BCUT2D eigenvalue weighted by atomic mass is 10.2. The first-order valence-electron chi connectivity index (χ1n) is 3.94. The zero-order valence-corrected chi connectivity index (χ0v) is 9.60. The van der Waals surface area contributed by atoms with Crippen molar-refractivity contribution in [2.24, 2.45) is 0 Å². The number of carboxylic acid groups (broad SMARTS) is 1. The van der Waals surface area contributed by atoms with Crippen molar-refractivity contribution in [1.82, 2.24) is 0 Å². The maximum absolute atomic E-state index is 12.2. The molecule has 17 heavy (non-hydrogen) atoms. The minimum absolute atomic E-state index is 0.187. The van der Waals surface area contributed by atoms with Crippen LogP contribution in [0.25, 0.3) is 0 Å². The number of rotatable bonds is 2. The van der Waals surface area contributed by atoms with Gasteiger partial charge in [0, 0.05) is 4.90 Å². The number of hydrogen-bond acceptors (Lipinski definition) is 4. The molecule has 0 unspecified atom stereocenters. The van der Waals surface area contributed by atoms with Crippen molar-refractivity contribution in [3.05, 3.63) is 23.8 Å². The first-order chi connectivity index (χ1) is 7.55. The molecule has 0 saturated carbocycles. The summed E-state index contributed by atoms with van der Waals surface area (Å²) in [4.78, 5) is 9.24. The molecule has 0 heterocycles. The molecule has 0 atom stereocenters. The average molecular weight is 286 g/mol. The van der Waals surface area contributed by atoms with Crippen LogP contribution in [0.4, 0.5) is 13.2 Å². The lowest BCUT2D eigenvalue weighted by molar-refractivity contribution is -0.0436. The number of benzene rings is 1. The van der Waals surface area contributed by atoms with Crippen molar-refractivity contribution in [3.8, 4) is 0 Å². The monoisotopic (exact) mass is 286 g/mol. The topological polar surface area (TPSA) is 71.4 Å². The standard InChI is InChI=1S/C8H5F3O4S2/c9-8(10,11)17(14,15)6-2-4(7(12)13)1-5(16)3-6/h1-3,16H,(H,12,13). The summed E-state index contributed by atoms with van der Waals surface area (Å²) < 4.78 is 58.7. The van der Waals surface area contributed by atoms with E-state index in [4.69, 9.17) is 5.11 Å². The second-order valence-corrected chi connectivity index (χ2v) is 5.43. The van der Waals surface area contributed by atoms with E-state index in [2.05, 4.69) is 12.6 Å². The minimum Gasteiger partial charge on any atom is -0.478 e. The van der Waals surface area contributed by atoms with E-state index in [-0.39, 0.29) is 4.90 Å². The van der Waals surface area contributed by atoms with E-state index in [1.165, 1.54) is 0 Å². The van der Waals surface area contributed by atoms with E-state index >= 15 is 0 Å². The van der Waals surface area contributed by atoms with Crippen LogP contribution < -0.4 is 0 Å². The summed E-state index contributed by atoms with van der Waals surface area (Å²) in [5, 5.41) is 8.59. The quantitative estimate of drug-likeness (QED) is 0.815. The molecule has 0 fully saturated rings. The van der Waals surface area contributed by atoms with Crippen LogP contribution >= 0.6 is 12.6 Å². The number of hydrogen-bond donors (Lipinski definition) is 2. The third kappa shape index (κ3) is 2.72. The summed E-state index contributed by atoms with van der Waals surface area (Å²) >= 11 is 3.65. The van der Waals surface area contributed by atoms with Gasteiger partial charge in [-0.1, -0.05) is 0 Å². The molecule has 0 aliphatic heterocycles. The van der Waals surface area contributed by atoms with E-state index < -0.39 is 31.8 Å². The number of alkyl halides is 3. The molecule has 0 aliphatic carbocycles. The minimum atomic E-state index is -5.57. The Morgan fingerprint density at radius 3 is 2.18 bits per heavy atom. The molecule has 0 aromatic heterocycles. The molecule has 0 saturated heterocycles. The van der Waals surface area contributed by atoms with Crippen LogP contribution in [0.1, 0.15) is 10.4 Å². The second-order valence-electron chi connectivity index (χ2n) is 2.97. The smallest absolute Gasteiger partial charge is 0.478 e. The van der Waals surface area contributed by atoms with Crippen LogP contribution in [0, 0.1) is 0 Å². The zero-order chi connectivity index (χ0) is 13.4. The van der Waals surface area contributed by atoms with E-state index in [0.29, 0.717) is 12.1 Å². The van der Waals surface area contributed by atoms with Gasteiger partial charge < -0.3 is 5.11 Å². The number of sulfone groups is 1. The highest BCUT2D eigenvalue weighted by Gasteiger charge is 2.47. The van der Waals surface area contributed by atoms with E-state index in [0.717, 1.165) is 6.07 Å². The fourth-order valence-electron chi connectivity index (χ4n) is 0.996. The molecular formula is C8H5F3O4S2. The zero-order valence-electron chi connectivity index (χ0n) is 7.89. The highest BCUT2D eigenvalue weighted by atomic mass is 32.2. The largest absolute Gasteiger partial charge is 0.501 e.